The zero-order valence-electron chi connectivity index (χ0n) is 19.3. The van der Waals surface area contributed by atoms with Gasteiger partial charge in [0.15, 0.2) is 17.6 Å². The van der Waals surface area contributed by atoms with Gasteiger partial charge in [0.25, 0.3) is 0 Å². The Hall–Kier alpha value is -3.15. The first-order valence-electron chi connectivity index (χ1n) is 11.1. The Labute approximate surface area is 208 Å². The van der Waals surface area contributed by atoms with E-state index < -0.39 is 24.3 Å². The van der Waals surface area contributed by atoms with Crippen molar-refractivity contribution in [1.82, 2.24) is 0 Å². The Bertz CT molecular complexity index is 987. The monoisotopic (exact) mass is 507 g/mol. The van der Waals surface area contributed by atoms with E-state index in [2.05, 4.69) is 17.9 Å². The van der Waals surface area contributed by atoms with Crippen molar-refractivity contribution in [2.24, 2.45) is 0 Å². The SMILES string of the molecule is CCO[C@H](CCOC(=O)CS)[C@H](OC(=O)Nc1ccc2c(c1)OCO2)c1ccccc1OCCO. The molecule has 11 heteroatoms. The smallest absolute Gasteiger partial charge is 0.412 e. The number of amides is 1. The molecule has 0 aromatic heterocycles. The number of ether oxygens (including phenoxy) is 6. The molecular formula is C24H29NO9S. The van der Waals surface area contributed by atoms with Crippen LogP contribution < -0.4 is 19.5 Å². The molecule has 2 N–H and O–H groups in total. The van der Waals surface area contributed by atoms with Crippen molar-refractivity contribution in [3.05, 3.63) is 48.0 Å². The van der Waals surface area contributed by atoms with E-state index in [9.17, 15) is 14.7 Å². The second-order valence-electron chi connectivity index (χ2n) is 7.29. The molecule has 10 nitrogen and oxygen atoms in total. The van der Waals surface area contributed by atoms with Crippen molar-refractivity contribution in [2.45, 2.75) is 25.6 Å². The van der Waals surface area contributed by atoms with E-state index in [0.717, 1.165) is 0 Å². The van der Waals surface area contributed by atoms with Crippen LogP contribution in [0.25, 0.3) is 0 Å². The maximum Gasteiger partial charge on any atom is 0.412 e. The molecule has 0 radical (unpaired) electrons. The summed E-state index contributed by atoms with van der Waals surface area (Å²) in [6.07, 6.45) is -2.05. The van der Waals surface area contributed by atoms with Crippen molar-refractivity contribution in [3.63, 3.8) is 0 Å². The molecule has 1 amide bonds. The number of thiol groups is 1. The number of aliphatic hydroxyl groups is 1. The average molecular weight is 508 g/mol. The standard InChI is InChI=1S/C24H29NO9S/c1-2-29-20(9-11-31-22(27)14-35)23(17-5-3-4-6-18(17)30-12-10-26)34-24(28)25-16-7-8-19-21(13-16)33-15-32-19/h3-8,13,20,23,26,35H,2,9-12,14-15H2,1H3,(H,25,28)/t20-,23-/m1/s1. The van der Waals surface area contributed by atoms with Crippen molar-refractivity contribution in [3.8, 4) is 17.2 Å². The minimum atomic E-state index is -0.909. The minimum absolute atomic E-state index is 0.0466. The van der Waals surface area contributed by atoms with Crippen LogP contribution in [-0.2, 0) is 19.0 Å². The lowest BCUT2D eigenvalue weighted by Gasteiger charge is -2.28. The molecule has 0 unspecified atom stereocenters. The first kappa shape index (κ1) is 26.5. The summed E-state index contributed by atoms with van der Waals surface area (Å²) < 4.78 is 33.2. The molecular weight excluding hydrogens is 478 g/mol. The van der Waals surface area contributed by atoms with E-state index >= 15 is 0 Å². The van der Waals surface area contributed by atoms with Gasteiger partial charge in [0.2, 0.25) is 6.79 Å². The van der Waals surface area contributed by atoms with E-state index in [1.54, 1.807) is 42.5 Å². The highest BCUT2D eigenvalue weighted by Gasteiger charge is 2.31. The van der Waals surface area contributed by atoms with Gasteiger partial charge in [0.05, 0.1) is 19.0 Å². The lowest BCUT2D eigenvalue weighted by molar-refractivity contribution is -0.142. The number of carbonyl (C=O) groups is 2. The van der Waals surface area contributed by atoms with E-state index in [1.165, 1.54) is 0 Å². The summed E-state index contributed by atoms with van der Waals surface area (Å²) in [4.78, 5) is 24.4. The van der Waals surface area contributed by atoms with Gasteiger partial charge in [0, 0.05) is 30.3 Å². The van der Waals surface area contributed by atoms with Crippen LogP contribution in [0.1, 0.15) is 25.0 Å². The van der Waals surface area contributed by atoms with Crippen molar-refractivity contribution in [2.75, 3.05) is 44.3 Å². The minimum Gasteiger partial charge on any atom is -0.491 e. The topological polar surface area (TPSA) is 122 Å². The lowest BCUT2D eigenvalue weighted by atomic mass is 10.0. The molecule has 190 valence electrons. The summed E-state index contributed by atoms with van der Waals surface area (Å²) in [5.74, 6) is 1.02. The summed E-state index contributed by atoms with van der Waals surface area (Å²) in [5.41, 5.74) is 0.999. The van der Waals surface area contributed by atoms with Crippen LogP contribution in [0.3, 0.4) is 0 Å². The molecule has 2 atom stereocenters. The fourth-order valence-electron chi connectivity index (χ4n) is 3.45. The number of para-hydroxylation sites is 1. The number of carbonyl (C=O) groups excluding carboxylic acids is 2. The highest BCUT2D eigenvalue weighted by Crippen LogP contribution is 2.36. The molecule has 0 fully saturated rings. The van der Waals surface area contributed by atoms with Gasteiger partial charge in [0.1, 0.15) is 18.5 Å². The van der Waals surface area contributed by atoms with Gasteiger partial charge < -0.3 is 33.5 Å². The van der Waals surface area contributed by atoms with Crippen LogP contribution in [0.5, 0.6) is 17.2 Å². The zero-order valence-corrected chi connectivity index (χ0v) is 20.2. The predicted molar refractivity (Wildman–Crippen MR) is 129 cm³/mol. The number of benzene rings is 2. The Morgan fingerprint density at radius 2 is 1.94 bits per heavy atom. The van der Waals surface area contributed by atoms with Crippen molar-refractivity contribution in [1.29, 1.82) is 0 Å². The third-order valence-corrected chi connectivity index (χ3v) is 5.20. The predicted octanol–water partition coefficient (Wildman–Crippen LogP) is 3.34. The fraction of sp³-hybridized carbons (Fsp3) is 0.417. The second-order valence-corrected chi connectivity index (χ2v) is 7.61. The van der Waals surface area contributed by atoms with Gasteiger partial charge in [-0.3, -0.25) is 10.1 Å². The molecule has 0 saturated heterocycles. The quantitative estimate of drug-likeness (QED) is 0.277. The summed E-state index contributed by atoms with van der Waals surface area (Å²) in [6, 6.07) is 12.0. The first-order chi connectivity index (χ1) is 17.0. The van der Waals surface area contributed by atoms with Crippen LogP contribution in [0.2, 0.25) is 0 Å². The molecule has 2 aromatic rings. The third kappa shape index (κ3) is 7.67. The molecule has 2 aromatic carbocycles. The highest BCUT2D eigenvalue weighted by atomic mass is 32.1. The molecule has 3 rings (SSSR count). The van der Waals surface area contributed by atoms with Gasteiger partial charge in [-0.2, -0.15) is 12.6 Å². The zero-order chi connectivity index (χ0) is 25.0. The number of esters is 1. The van der Waals surface area contributed by atoms with Gasteiger partial charge in [-0.05, 0) is 25.1 Å². The van der Waals surface area contributed by atoms with Crippen LogP contribution >= 0.6 is 12.6 Å². The van der Waals surface area contributed by atoms with Crippen molar-refractivity contribution < 1.29 is 43.1 Å². The van der Waals surface area contributed by atoms with E-state index in [0.29, 0.717) is 35.1 Å². The molecule has 0 bridgehead atoms. The number of anilines is 1. The Balaban J connectivity index is 1.82. The highest BCUT2D eigenvalue weighted by molar-refractivity contribution is 7.81. The molecule has 0 aliphatic carbocycles. The summed E-state index contributed by atoms with van der Waals surface area (Å²) in [7, 11) is 0. The van der Waals surface area contributed by atoms with Gasteiger partial charge in [-0.25, -0.2) is 4.79 Å². The van der Waals surface area contributed by atoms with Gasteiger partial charge in [-0.15, -0.1) is 0 Å². The largest absolute Gasteiger partial charge is 0.491 e. The third-order valence-electron chi connectivity index (χ3n) is 4.94. The van der Waals surface area contributed by atoms with Crippen LogP contribution in [-0.4, -0.2) is 62.2 Å². The Kier molecular flexibility index (Phi) is 10.3. The number of hydrogen-bond acceptors (Lipinski definition) is 10. The molecule has 35 heavy (non-hydrogen) atoms. The Morgan fingerprint density at radius 1 is 1.14 bits per heavy atom. The van der Waals surface area contributed by atoms with Crippen LogP contribution in [0.4, 0.5) is 10.5 Å². The number of hydrogen-bond donors (Lipinski definition) is 3. The molecule has 0 saturated carbocycles. The summed E-state index contributed by atoms with van der Waals surface area (Å²) >= 11 is 3.91. The Morgan fingerprint density at radius 3 is 2.71 bits per heavy atom. The summed E-state index contributed by atoms with van der Waals surface area (Å²) in [6.45, 7) is 2.18. The lowest BCUT2D eigenvalue weighted by Crippen LogP contribution is -2.30. The fourth-order valence-corrected chi connectivity index (χ4v) is 3.54. The van der Waals surface area contributed by atoms with Crippen LogP contribution in [0.15, 0.2) is 42.5 Å². The number of fused-ring (bicyclic) bond motifs is 1. The molecule has 1 heterocycles. The van der Waals surface area contributed by atoms with E-state index in [-0.39, 0.29) is 38.8 Å². The maximum atomic E-state index is 12.9. The van der Waals surface area contributed by atoms with Gasteiger partial charge in [-0.1, -0.05) is 18.2 Å². The number of rotatable bonds is 13. The maximum absolute atomic E-state index is 12.9. The second kappa shape index (κ2) is 13.7. The first-order valence-corrected chi connectivity index (χ1v) is 11.8. The molecule has 1 aliphatic heterocycles. The van der Waals surface area contributed by atoms with E-state index in [4.69, 9.17) is 28.4 Å². The normalized spacial score (nSPS) is 13.6. The van der Waals surface area contributed by atoms with Crippen molar-refractivity contribution >= 4 is 30.4 Å². The number of nitrogens with one attached hydrogen (secondary N) is 1. The van der Waals surface area contributed by atoms with Crippen LogP contribution in [0, 0.1) is 0 Å². The number of aliphatic hydroxyl groups excluding tert-OH is 1. The summed E-state index contributed by atoms with van der Waals surface area (Å²) in [5, 5.41) is 11.9. The van der Waals surface area contributed by atoms with E-state index in [1.807, 2.05) is 6.92 Å². The van der Waals surface area contributed by atoms with Gasteiger partial charge >= 0.3 is 12.1 Å². The molecule has 1 aliphatic rings. The molecule has 0 spiro atoms. The average Bonchev–Trinajstić information content (AvgIpc) is 3.33.